The molecular weight excluding hydrogens is 462 g/mol. The molecule has 2 aromatic carbocycles. The number of nitrogens with zero attached hydrogens (tertiary/aromatic N) is 3. The summed E-state index contributed by atoms with van der Waals surface area (Å²) >= 11 is 0. The molecule has 11 heteroatoms. The number of aryl methyl sites for hydroxylation is 1. The van der Waals surface area contributed by atoms with Crippen LogP contribution in [0.25, 0.3) is 11.4 Å². The maximum atomic E-state index is 12.8. The molecule has 34 heavy (non-hydrogen) atoms. The lowest BCUT2D eigenvalue weighted by Crippen LogP contribution is -2.40. The predicted molar refractivity (Wildman–Crippen MR) is 120 cm³/mol. The normalized spacial score (nSPS) is 14.6. The van der Waals surface area contributed by atoms with E-state index in [0.717, 1.165) is 11.3 Å². The molecule has 1 aliphatic rings. The van der Waals surface area contributed by atoms with Crippen LogP contribution < -0.4 is 4.74 Å². The highest BCUT2D eigenvalue weighted by Crippen LogP contribution is 2.21. The van der Waals surface area contributed by atoms with Crippen LogP contribution in [0.1, 0.15) is 17.9 Å². The minimum absolute atomic E-state index is 0.0355. The maximum Gasteiger partial charge on any atom is 0.306 e. The molecule has 0 aliphatic carbocycles. The van der Waals surface area contributed by atoms with E-state index < -0.39 is 16.0 Å². The summed E-state index contributed by atoms with van der Waals surface area (Å²) in [6.45, 7) is 1.34. The Balaban J connectivity index is 1.29. The fourth-order valence-electron chi connectivity index (χ4n) is 3.39. The second kappa shape index (κ2) is 10.8. The van der Waals surface area contributed by atoms with Crippen molar-refractivity contribution in [3.05, 3.63) is 60.0 Å². The van der Waals surface area contributed by atoms with Gasteiger partial charge in [0.2, 0.25) is 21.7 Å². The second-order valence-corrected chi connectivity index (χ2v) is 9.50. The van der Waals surface area contributed by atoms with Gasteiger partial charge in [0, 0.05) is 25.1 Å². The van der Waals surface area contributed by atoms with Crippen molar-refractivity contribution < 1.29 is 31.9 Å². The van der Waals surface area contributed by atoms with Crippen molar-refractivity contribution in [2.75, 3.05) is 33.4 Å². The zero-order valence-corrected chi connectivity index (χ0v) is 19.5. The first-order chi connectivity index (χ1) is 16.5. The summed E-state index contributed by atoms with van der Waals surface area (Å²) in [5.41, 5.74) is 1.35. The van der Waals surface area contributed by atoms with Gasteiger partial charge in [-0.2, -0.15) is 9.29 Å². The number of aromatic nitrogens is 2. The van der Waals surface area contributed by atoms with E-state index in [4.69, 9.17) is 18.7 Å². The highest BCUT2D eigenvalue weighted by molar-refractivity contribution is 7.89. The highest BCUT2D eigenvalue weighted by atomic mass is 32.2. The largest absolute Gasteiger partial charge is 0.497 e. The molecule has 0 saturated carbocycles. The van der Waals surface area contributed by atoms with Gasteiger partial charge in [0.1, 0.15) is 12.4 Å². The van der Waals surface area contributed by atoms with E-state index in [-0.39, 0.29) is 24.3 Å². The van der Waals surface area contributed by atoms with Gasteiger partial charge in [0.25, 0.3) is 0 Å². The van der Waals surface area contributed by atoms with E-state index in [9.17, 15) is 13.2 Å². The third-order valence-electron chi connectivity index (χ3n) is 5.27. The molecule has 0 bridgehead atoms. The molecule has 2 heterocycles. The van der Waals surface area contributed by atoms with Gasteiger partial charge < -0.3 is 18.7 Å². The van der Waals surface area contributed by atoms with E-state index in [1.165, 1.54) is 16.4 Å². The summed E-state index contributed by atoms with van der Waals surface area (Å²) in [5.74, 6) is 1.01. The molecule has 1 aliphatic heterocycles. The van der Waals surface area contributed by atoms with Gasteiger partial charge >= 0.3 is 5.97 Å². The lowest BCUT2D eigenvalue weighted by Gasteiger charge is -2.26. The van der Waals surface area contributed by atoms with Gasteiger partial charge in [0.05, 0.1) is 31.6 Å². The van der Waals surface area contributed by atoms with Crippen molar-refractivity contribution in [2.24, 2.45) is 0 Å². The average Bonchev–Trinajstić information content (AvgIpc) is 3.36. The molecule has 0 spiro atoms. The highest BCUT2D eigenvalue weighted by Gasteiger charge is 2.26. The smallest absolute Gasteiger partial charge is 0.306 e. The lowest BCUT2D eigenvalue weighted by molar-refractivity contribution is -0.145. The first-order valence-electron chi connectivity index (χ1n) is 10.8. The third-order valence-corrected chi connectivity index (χ3v) is 7.16. The Kier molecular flexibility index (Phi) is 7.56. The van der Waals surface area contributed by atoms with E-state index in [2.05, 4.69) is 10.1 Å². The number of hydrogen-bond acceptors (Lipinski definition) is 9. The Morgan fingerprint density at radius 3 is 2.62 bits per heavy atom. The number of morpholine rings is 1. The van der Waals surface area contributed by atoms with Crippen molar-refractivity contribution in [3.8, 4) is 17.1 Å². The van der Waals surface area contributed by atoms with Gasteiger partial charge in [-0.1, -0.05) is 17.3 Å². The Hall–Kier alpha value is -3.28. The van der Waals surface area contributed by atoms with E-state index in [0.29, 0.717) is 43.6 Å². The van der Waals surface area contributed by atoms with Crippen LogP contribution in [0.5, 0.6) is 5.75 Å². The molecular formula is C23H25N3O7S. The fourth-order valence-corrected chi connectivity index (χ4v) is 4.87. The van der Waals surface area contributed by atoms with Gasteiger partial charge in [0.15, 0.2) is 0 Å². The van der Waals surface area contributed by atoms with Crippen molar-refractivity contribution >= 4 is 16.0 Å². The van der Waals surface area contributed by atoms with Crippen molar-refractivity contribution in [1.29, 1.82) is 0 Å². The summed E-state index contributed by atoms with van der Waals surface area (Å²) in [6, 6.07) is 13.6. The van der Waals surface area contributed by atoms with Crippen LogP contribution in [0.3, 0.4) is 0 Å². The monoisotopic (exact) mass is 487 g/mol. The Morgan fingerprint density at radius 1 is 1.12 bits per heavy atom. The number of sulfonamides is 1. The molecule has 0 radical (unpaired) electrons. The van der Waals surface area contributed by atoms with E-state index >= 15 is 0 Å². The first kappa shape index (κ1) is 23.9. The standard InChI is InChI=1S/C23H25N3O7S/c1-30-19-7-5-18(6-8-19)23-24-21(33-25-23)9-10-22(27)32-16-17-3-2-4-20(15-17)34(28,29)26-11-13-31-14-12-26/h2-8,15H,9-14,16H2,1H3. The van der Waals surface area contributed by atoms with Crippen LogP contribution in [0, 0.1) is 0 Å². The quantitative estimate of drug-likeness (QED) is 0.419. The average molecular weight is 488 g/mol. The molecule has 0 unspecified atom stereocenters. The number of rotatable bonds is 9. The zero-order valence-electron chi connectivity index (χ0n) is 18.7. The zero-order chi connectivity index (χ0) is 24.0. The number of carbonyl (C=O) groups excluding carboxylic acids is 1. The minimum Gasteiger partial charge on any atom is -0.497 e. The Bertz CT molecular complexity index is 1220. The summed E-state index contributed by atoms with van der Waals surface area (Å²) in [5, 5.41) is 3.94. The summed E-state index contributed by atoms with van der Waals surface area (Å²) in [7, 11) is -2.03. The molecule has 4 rings (SSSR count). The molecule has 10 nitrogen and oxygen atoms in total. The molecule has 0 amide bonds. The molecule has 3 aromatic rings. The molecule has 1 aromatic heterocycles. The van der Waals surface area contributed by atoms with Crippen LogP contribution in [-0.2, 0) is 37.3 Å². The number of methoxy groups -OCH3 is 1. The van der Waals surface area contributed by atoms with Gasteiger partial charge in [-0.3, -0.25) is 4.79 Å². The molecule has 0 atom stereocenters. The SMILES string of the molecule is COc1ccc(-c2noc(CCC(=O)OCc3cccc(S(=O)(=O)N4CCOCC4)c3)n2)cc1. The summed E-state index contributed by atoms with van der Waals surface area (Å²) in [4.78, 5) is 16.7. The fraction of sp³-hybridized carbons (Fsp3) is 0.348. The number of benzene rings is 2. The molecule has 1 saturated heterocycles. The third kappa shape index (κ3) is 5.79. The summed E-state index contributed by atoms with van der Waals surface area (Å²) < 4.78 is 47.9. The molecule has 180 valence electrons. The number of carbonyl (C=O) groups is 1. The summed E-state index contributed by atoms with van der Waals surface area (Å²) in [6.07, 6.45) is 0.281. The topological polar surface area (TPSA) is 121 Å². The van der Waals surface area contributed by atoms with Crippen LogP contribution >= 0.6 is 0 Å². The molecule has 0 N–H and O–H groups in total. The van der Waals surface area contributed by atoms with Crippen molar-refractivity contribution in [2.45, 2.75) is 24.3 Å². The lowest BCUT2D eigenvalue weighted by atomic mass is 10.2. The molecule has 1 fully saturated rings. The van der Waals surface area contributed by atoms with Crippen molar-refractivity contribution in [3.63, 3.8) is 0 Å². The van der Waals surface area contributed by atoms with Crippen LogP contribution in [0.15, 0.2) is 57.9 Å². The Labute approximate surface area is 197 Å². The van der Waals surface area contributed by atoms with E-state index in [1.54, 1.807) is 31.4 Å². The Morgan fingerprint density at radius 2 is 1.88 bits per heavy atom. The van der Waals surface area contributed by atoms with Crippen LogP contribution in [-0.4, -0.2) is 62.2 Å². The second-order valence-electron chi connectivity index (χ2n) is 7.56. The number of ether oxygens (including phenoxy) is 3. The number of hydrogen-bond donors (Lipinski definition) is 0. The van der Waals surface area contributed by atoms with Crippen molar-refractivity contribution in [1.82, 2.24) is 14.4 Å². The maximum absolute atomic E-state index is 12.8. The van der Waals surface area contributed by atoms with Crippen LogP contribution in [0.2, 0.25) is 0 Å². The first-order valence-corrected chi connectivity index (χ1v) is 12.2. The van der Waals surface area contributed by atoms with E-state index in [1.807, 2.05) is 12.1 Å². The van der Waals surface area contributed by atoms with Crippen LogP contribution in [0.4, 0.5) is 0 Å². The minimum atomic E-state index is -3.62. The van der Waals surface area contributed by atoms with Gasteiger partial charge in [-0.15, -0.1) is 0 Å². The van der Waals surface area contributed by atoms with Gasteiger partial charge in [-0.25, -0.2) is 8.42 Å². The van der Waals surface area contributed by atoms with Gasteiger partial charge in [-0.05, 0) is 42.0 Å². The number of esters is 1. The predicted octanol–water partition coefficient (Wildman–Crippen LogP) is 2.44.